The zero-order valence-corrected chi connectivity index (χ0v) is 29.7. The van der Waals surface area contributed by atoms with E-state index >= 15 is 0 Å². The second-order valence-electron chi connectivity index (χ2n) is 13.4. The molecule has 0 aliphatic heterocycles. The van der Waals surface area contributed by atoms with Crippen LogP contribution in [-0.2, 0) is 0 Å². The largest absolute Gasteiger partial charge is 0.333 e. The van der Waals surface area contributed by atoms with E-state index in [0.29, 0.717) is 5.92 Å². The Morgan fingerprint density at radius 3 is 1.92 bits per heavy atom. The van der Waals surface area contributed by atoms with Crippen molar-refractivity contribution in [3.05, 3.63) is 174 Å². The van der Waals surface area contributed by atoms with Gasteiger partial charge in [0.25, 0.3) is 0 Å². The molecule has 51 heavy (non-hydrogen) atoms. The minimum absolute atomic E-state index is 0.153. The van der Waals surface area contributed by atoms with Crippen LogP contribution in [0.1, 0.15) is 6.92 Å². The summed E-state index contributed by atoms with van der Waals surface area (Å²) < 4.78 is 5.31. The van der Waals surface area contributed by atoms with Crippen molar-refractivity contribution in [1.29, 1.82) is 0 Å². The number of rotatable bonds is 6. The second kappa shape index (κ2) is 12.3. The highest BCUT2D eigenvalue weighted by atomic mass is 32.1. The summed E-state index contributed by atoms with van der Waals surface area (Å²) in [6, 6.07) is 59.9. The Hall–Kier alpha value is -5.68. The molecule has 4 heteroatoms. The third-order valence-electron chi connectivity index (χ3n) is 10.3. The first-order valence-corrected chi connectivity index (χ1v) is 19.2. The first kappa shape index (κ1) is 30.2. The van der Waals surface area contributed by atoms with E-state index in [2.05, 4.69) is 193 Å². The minimum atomic E-state index is 0.153. The van der Waals surface area contributed by atoms with Gasteiger partial charge in [-0.3, -0.25) is 0 Å². The molecule has 2 heterocycles. The molecule has 1 aliphatic rings. The van der Waals surface area contributed by atoms with Gasteiger partial charge in [-0.2, -0.15) is 0 Å². The highest BCUT2D eigenvalue weighted by Gasteiger charge is 2.28. The van der Waals surface area contributed by atoms with Crippen LogP contribution >= 0.6 is 22.7 Å². The van der Waals surface area contributed by atoms with Crippen LogP contribution in [0.3, 0.4) is 0 Å². The number of hydrogen-bond acceptors (Lipinski definition) is 4. The Labute approximate surface area is 305 Å². The quantitative estimate of drug-likeness (QED) is 0.171. The molecule has 0 N–H and O–H groups in total. The normalized spacial score (nSPS) is 15.5. The highest BCUT2D eigenvalue weighted by molar-refractivity contribution is 7.25. The molecule has 0 saturated carbocycles. The van der Waals surface area contributed by atoms with E-state index < -0.39 is 0 Å². The van der Waals surface area contributed by atoms with Crippen LogP contribution in [-0.4, -0.2) is 6.04 Å². The van der Waals surface area contributed by atoms with E-state index in [-0.39, 0.29) is 6.04 Å². The average Bonchev–Trinajstić information content (AvgIpc) is 3.73. The molecule has 2 unspecified atom stereocenters. The van der Waals surface area contributed by atoms with E-state index in [1.54, 1.807) is 0 Å². The summed E-state index contributed by atoms with van der Waals surface area (Å²) in [4.78, 5) is 4.94. The van der Waals surface area contributed by atoms with Gasteiger partial charge in [0.1, 0.15) is 0 Å². The van der Waals surface area contributed by atoms with Crippen LogP contribution in [0.15, 0.2) is 164 Å². The van der Waals surface area contributed by atoms with Gasteiger partial charge >= 0.3 is 0 Å². The minimum Gasteiger partial charge on any atom is -0.333 e. The summed E-state index contributed by atoms with van der Waals surface area (Å²) in [5.74, 6) is 0.303. The molecule has 2 atom stereocenters. The van der Waals surface area contributed by atoms with Crippen LogP contribution in [0.5, 0.6) is 0 Å². The Kier molecular flexibility index (Phi) is 7.26. The fourth-order valence-corrected chi connectivity index (χ4v) is 10.2. The number of thiophene rings is 2. The predicted molar refractivity (Wildman–Crippen MR) is 223 cm³/mol. The molecule has 1 aliphatic carbocycles. The number of para-hydroxylation sites is 2. The lowest BCUT2D eigenvalue weighted by molar-refractivity contribution is 0.664. The van der Waals surface area contributed by atoms with Crippen molar-refractivity contribution >= 4 is 104 Å². The molecule has 2 aromatic heterocycles. The summed E-state index contributed by atoms with van der Waals surface area (Å²) >= 11 is 3.79. The van der Waals surface area contributed by atoms with Gasteiger partial charge in [0.2, 0.25) is 0 Å². The molecule has 0 saturated heterocycles. The zero-order chi connectivity index (χ0) is 33.9. The summed E-state index contributed by atoms with van der Waals surface area (Å²) in [5.41, 5.74) is 5.90. The van der Waals surface area contributed by atoms with E-state index in [0.717, 1.165) is 17.1 Å². The van der Waals surface area contributed by atoms with Gasteiger partial charge in [0.05, 0.1) is 6.04 Å². The molecule has 244 valence electrons. The molecule has 10 rings (SSSR count). The Balaban J connectivity index is 1.14. The SMILES string of the molecule is CC1C=c2c(sc3ccccc23)=CC1N(c1ccc2c(c1)sc1ccc(N(c3ccccc3)c3ccccc3)cc12)c1cccc2ccccc12. The predicted octanol–water partition coefficient (Wildman–Crippen LogP) is 12.3. The molecular formula is C47H34N2S2. The molecule has 9 aromatic rings. The van der Waals surface area contributed by atoms with Crippen LogP contribution in [0, 0.1) is 5.92 Å². The Morgan fingerprint density at radius 1 is 0.451 bits per heavy atom. The first-order valence-electron chi connectivity index (χ1n) is 17.5. The highest BCUT2D eigenvalue weighted by Crippen LogP contribution is 2.44. The molecule has 0 spiro atoms. The van der Waals surface area contributed by atoms with Gasteiger partial charge in [-0.25, -0.2) is 0 Å². The van der Waals surface area contributed by atoms with Crippen molar-refractivity contribution < 1.29 is 0 Å². The number of hydrogen-bond donors (Lipinski definition) is 0. The van der Waals surface area contributed by atoms with Gasteiger partial charge in [0, 0.05) is 63.2 Å². The van der Waals surface area contributed by atoms with Gasteiger partial charge in [-0.15, -0.1) is 22.7 Å². The fraction of sp³-hybridized carbons (Fsp3) is 0.0638. The van der Waals surface area contributed by atoms with E-state index in [4.69, 9.17) is 0 Å². The number of benzene rings is 7. The molecular weight excluding hydrogens is 657 g/mol. The van der Waals surface area contributed by atoms with Crippen molar-refractivity contribution in [2.24, 2.45) is 5.92 Å². The topological polar surface area (TPSA) is 6.48 Å². The summed E-state index contributed by atoms with van der Waals surface area (Å²) in [6.07, 6.45) is 5.03. The van der Waals surface area contributed by atoms with E-state index in [1.165, 1.54) is 62.2 Å². The van der Waals surface area contributed by atoms with Crippen LogP contribution < -0.4 is 19.6 Å². The van der Waals surface area contributed by atoms with Gasteiger partial charge < -0.3 is 9.80 Å². The Bertz CT molecular complexity index is 2810. The van der Waals surface area contributed by atoms with Gasteiger partial charge in [-0.05, 0) is 94.7 Å². The fourth-order valence-electron chi connectivity index (χ4n) is 7.89. The third-order valence-corrected chi connectivity index (χ3v) is 12.6. The van der Waals surface area contributed by atoms with E-state index in [1.807, 2.05) is 22.7 Å². The molecule has 0 fully saturated rings. The van der Waals surface area contributed by atoms with Gasteiger partial charge in [-0.1, -0.05) is 110 Å². The third kappa shape index (κ3) is 5.14. The number of anilines is 5. The molecule has 7 aromatic carbocycles. The average molecular weight is 691 g/mol. The van der Waals surface area contributed by atoms with Crippen molar-refractivity contribution in [2.75, 3.05) is 9.80 Å². The van der Waals surface area contributed by atoms with Crippen LogP contribution in [0.25, 0.3) is 53.2 Å². The molecule has 0 bridgehead atoms. The number of fused-ring (bicyclic) bond motifs is 7. The van der Waals surface area contributed by atoms with Crippen molar-refractivity contribution in [2.45, 2.75) is 13.0 Å². The van der Waals surface area contributed by atoms with Crippen molar-refractivity contribution in [3.63, 3.8) is 0 Å². The Morgan fingerprint density at radius 2 is 1.12 bits per heavy atom. The number of nitrogens with zero attached hydrogens (tertiary/aromatic N) is 2. The van der Waals surface area contributed by atoms with E-state index in [9.17, 15) is 0 Å². The molecule has 2 nitrogen and oxygen atoms in total. The van der Waals surface area contributed by atoms with Crippen molar-refractivity contribution in [1.82, 2.24) is 0 Å². The smallest absolute Gasteiger partial charge is 0.0599 e. The summed E-state index contributed by atoms with van der Waals surface area (Å²) in [6.45, 7) is 2.37. The lowest BCUT2D eigenvalue weighted by Crippen LogP contribution is -2.41. The zero-order valence-electron chi connectivity index (χ0n) is 28.1. The van der Waals surface area contributed by atoms with Crippen molar-refractivity contribution in [3.8, 4) is 0 Å². The first-order chi connectivity index (χ1) is 25.2. The summed E-state index contributed by atoms with van der Waals surface area (Å²) in [5, 5.41) is 7.84. The molecule has 0 radical (unpaired) electrons. The second-order valence-corrected chi connectivity index (χ2v) is 15.6. The molecule has 0 amide bonds. The summed E-state index contributed by atoms with van der Waals surface area (Å²) in [7, 11) is 0. The van der Waals surface area contributed by atoms with Crippen LogP contribution in [0.4, 0.5) is 28.4 Å². The maximum Gasteiger partial charge on any atom is 0.0599 e. The van der Waals surface area contributed by atoms with Gasteiger partial charge in [0.15, 0.2) is 0 Å². The standard InChI is InChI=1S/C47H34N2S2/c1-31-27-40-38-20-10-11-22-44(38)50-47(40)30-43(31)49(42-21-12-14-32-13-8-9-19-37(32)42)36-23-25-39-41-28-35(24-26-45(41)51-46(39)29-36)48(33-15-4-2-5-16-33)34-17-6-3-7-18-34/h2-31,43H,1H3. The lowest BCUT2D eigenvalue weighted by Gasteiger charge is -2.36. The van der Waals surface area contributed by atoms with Crippen LogP contribution in [0.2, 0.25) is 0 Å². The maximum atomic E-state index is 2.60. The lowest BCUT2D eigenvalue weighted by atomic mass is 9.92. The monoisotopic (exact) mass is 690 g/mol. The maximum absolute atomic E-state index is 2.60.